The lowest BCUT2D eigenvalue weighted by molar-refractivity contribution is -0.133. The molecular formula is C21H29N3O4. The van der Waals surface area contributed by atoms with Crippen LogP contribution in [0.5, 0.6) is 11.5 Å². The molecule has 1 spiro atoms. The fourth-order valence-electron chi connectivity index (χ4n) is 4.44. The van der Waals surface area contributed by atoms with Crippen molar-refractivity contribution in [2.75, 3.05) is 32.5 Å². The monoisotopic (exact) mass is 387 g/mol. The van der Waals surface area contributed by atoms with Crippen molar-refractivity contribution in [1.82, 2.24) is 9.80 Å². The molecule has 1 atom stereocenters. The summed E-state index contributed by atoms with van der Waals surface area (Å²) in [6.07, 6.45) is 6.99. The third-order valence-electron chi connectivity index (χ3n) is 5.87. The van der Waals surface area contributed by atoms with Gasteiger partial charge >= 0.3 is 0 Å². The van der Waals surface area contributed by atoms with Gasteiger partial charge in [0.05, 0.1) is 12.6 Å². The Kier molecular flexibility index (Phi) is 5.19. The van der Waals surface area contributed by atoms with Gasteiger partial charge in [0.15, 0.2) is 11.5 Å². The number of nitrogens with one attached hydrogen (secondary N) is 1. The standard InChI is InChI=1S/C21H29N3O4/c1-23(2)20(26)16-7-6-12-24(16)14-19(25)22-15-8-9-17-18(13-15)28-21(27-17)10-4-3-5-11-21/h8-9,13,16H,3-7,10-12,14H2,1-2H3,(H,22,25)/t16-/m1/s1. The minimum absolute atomic E-state index is 0.0613. The van der Waals surface area contributed by atoms with Gasteiger partial charge in [-0.3, -0.25) is 14.5 Å². The summed E-state index contributed by atoms with van der Waals surface area (Å²) in [5, 5.41) is 2.94. The predicted octanol–water partition coefficient (Wildman–Crippen LogP) is 2.61. The summed E-state index contributed by atoms with van der Waals surface area (Å²) in [5.41, 5.74) is 0.690. The van der Waals surface area contributed by atoms with Gasteiger partial charge in [0, 0.05) is 38.7 Å². The Bertz CT molecular complexity index is 758. The van der Waals surface area contributed by atoms with Crippen LogP contribution in [0.25, 0.3) is 0 Å². The highest BCUT2D eigenvalue weighted by atomic mass is 16.7. The van der Waals surface area contributed by atoms with E-state index in [1.807, 2.05) is 23.1 Å². The van der Waals surface area contributed by atoms with E-state index in [1.54, 1.807) is 19.0 Å². The number of likely N-dealkylation sites (N-methyl/N-ethyl adjacent to an activating group) is 1. The maximum Gasteiger partial charge on any atom is 0.251 e. The third kappa shape index (κ3) is 3.81. The number of ether oxygens (including phenoxy) is 2. The first-order chi connectivity index (χ1) is 13.5. The highest BCUT2D eigenvalue weighted by Gasteiger charge is 2.42. The number of carbonyl (C=O) groups is 2. The zero-order valence-electron chi connectivity index (χ0n) is 16.7. The Balaban J connectivity index is 1.37. The number of likely N-dealkylation sites (tertiary alicyclic amines) is 1. The van der Waals surface area contributed by atoms with Crippen LogP contribution in [0.1, 0.15) is 44.9 Å². The van der Waals surface area contributed by atoms with Crippen molar-refractivity contribution in [3.05, 3.63) is 18.2 Å². The number of amides is 2. The van der Waals surface area contributed by atoms with Crippen molar-refractivity contribution in [2.45, 2.75) is 56.8 Å². The van der Waals surface area contributed by atoms with Gasteiger partial charge in [-0.2, -0.15) is 0 Å². The minimum atomic E-state index is -0.515. The quantitative estimate of drug-likeness (QED) is 0.860. The topological polar surface area (TPSA) is 71.1 Å². The maximum atomic E-state index is 12.6. The Morgan fingerprint density at radius 1 is 1.14 bits per heavy atom. The molecule has 7 heteroatoms. The molecule has 1 aromatic rings. The number of fused-ring (bicyclic) bond motifs is 1. The average Bonchev–Trinajstić information content (AvgIpc) is 3.25. The molecule has 2 amide bonds. The second-order valence-electron chi connectivity index (χ2n) is 8.25. The number of hydrogen-bond acceptors (Lipinski definition) is 5. The lowest BCUT2D eigenvalue weighted by Crippen LogP contribution is -2.45. The molecule has 0 bridgehead atoms. The molecule has 0 unspecified atom stereocenters. The Labute approximate surface area is 166 Å². The molecule has 1 saturated carbocycles. The summed E-state index contributed by atoms with van der Waals surface area (Å²) >= 11 is 0. The van der Waals surface area contributed by atoms with E-state index in [-0.39, 0.29) is 24.4 Å². The number of benzene rings is 1. The van der Waals surface area contributed by atoms with Gasteiger partial charge in [-0.1, -0.05) is 6.42 Å². The molecule has 1 saturated heterocycles. The first kappa shape index (κ1) is 19.1. The van der Waals surface area contributed by atoms with Crippen molar-refractivity contribution in [3.8, 4) is 11.5 Å². The van der Waals surface area contributed by atoms with Crippen LogP contribution in [0.3, 0.4) is 0 Å². The molecule has 0 aromatic heterocycles. The van der Waals surface area contributed by atoms with Crippen LogP contribution in [0.4, 0.5) is 5.69 Å². The molecule has 0 radical (unpaired) electrons. The minimum Gasteiger partial charge on any atom is -0.448 e. The van der Waals surface area contributed by atoms with E-state index in [2.05, 4.69) is 5.32 Å². The van der Waals surface area contributed by atoms with Crippen molar-refractivity contribution in [1.29, 1.82) is 0 Å². The molecule has 1 N–H and O–H groups in total. The molecule has 152 valence electrons. The summed E-state index contributed by atoms with van der Waals surface area (Å²) < 4.78 is 12.2. The number of rotatable bonds is 4. The van der Waals surface area contributed by atoms with Gasteiger partial charge in [-0.05, 0) is 44.4 Å². The largest absolute Gasteiger partial charge is 0.448 e. The van der Waals surface area contributed by atoms with Gasteiger partial charge in [-0.15, -0.1) is 0 Å². The van der Waals surface area contributed by atoms with Gasteiger partial charge in [-0.25, -0.2) is 0 Å². The lowest BCUT2D eigenvalue weighted by atomic mass is 9.94. The van der Waals surface area contributed by atoms with E-state index in [0.717, 1.165) is 50.8 Å². The van der Waals surface area contributed by atoms with E-state index in [4.69, 9.17) is 9.47 Å². The third-order valence-corrected chi connectivity index (χ3v) is 5.87. The molecule has 2 heterocycles. The fourth-order valence-corrected chi connectivity index (χ4v) is 4.44. The van der Waals surface area contributed by atoms with Gasteiger partial charge in [0.2, 0.25) is 11.8 Å². The zero-order valence-corrected chi connectivity index (χ0v) is 16.7. The smallest absolute Gasteiger partial charge is 0.251 e. The Morgan fingerprint density at radius 3 is 2.64 bits per heavy atom. The first-order valence-electron chi connectivity index (χ1n) is 10.2. The summed E-state index contributed by atoms with van der Waals surface area (Å²) in [6, 6.07) is 5.34. The normalized spacial score (nSPS) is 23.0. The summed E-state index contributed by atoms with van der Waals surface area (Å²) in [5.74, 6) is 0.868. The molecule has 1 aromatic carbocycles. The summed E-state index contributed by atoms with van der Waals surface area (Å²) in [7, 11) is 3.51. The van der Waals surface area contributed by atoms with E-state index in [0.29, 0.717) is 11.4 Å². The number of nitrogens with zero attached hydrogens (tertiary/aromatic N) is 2. The molecule has 4 rings (SSSR count). The molecule has 2 fully saturated rings. The molecule has 7 nitrogen and oxygen atoms in total. The van der Waals surface area contributed by atoms with Crippen LogP contribution in [-0.2, 0) is 9.59 Å². The average molecular weight is 387 g/mol. The van der Waals surface area contributed by atoms with Gasteiger partial charge < -0.3 is 19.7 Å². The molecule has 28 heavy (non-hydrogen) atoms. The van der Waals surface area contributed by atoms with E-state index >= 15 is 0 Å². The van der Waals surface area contributed by atoms with Crippen LogP contribution in [0.15, 0.2) is 18.2 Å². The molecular weight excluding hydrogens is 358 g/mol. The summed E-state index contributed by atoms with van der Waals surface area (Å²) in [4.78, 5) is 28.4. The lowest BCUT2D eigenvalue weighted by Gasteiger charge is -2.31. The molecule has 3 aliphatic rings. The number of carbonyl (C=O) groups excluding carboxylic acids is 2. The number of anilines is 1. The first-order valence-corrected chi connectivity index (χ1v) is 10.2. The van der Waals surface area contributed by atoms with E-state index in [1.165, 1.54) is 6.42 Å². The van der Waals surface area contributed by atoms with Crippen molar-refractivity contribution >= 4 is 17.5 Å². The van der Waals surface area contributed by atoms with Crippen LogP contribution in [0, 0.1) is 0 Å². The van der Waals surface area contributed by atoms with E-state index in [9.17, 15) is 9.59 Å². The molecule has 2 aliphatic heterocycles. The zero-order chi connectivity index (χ0) is 19.7. The van der Waals surface area contributed by atoms with Crippen molar-refractivity contribution < 1.29 is 19.1 Å². The van der Waals surface area contributed by atoms with Gasteiger partial charge in [0.25, 0.3) is 5.79 Å². The maximum absolute atomic E-state index is 12.6. The Morgan fingerprint density at radius 2 is 1.89 bits per heavy atom. The second kappa shape index (κ2) is 7.62. The Hall–Kier alpha value is -2.28. The number of hydrogen-bond donors (Lipinski definition) is 1. The molecule has 1 aliphatic carbocycles. The van der Waals surface area contributed by atoms with Crippen LogP contribution >= 0.6 is 0 Å². The summed E-state index contributed by atoms with van der Waals surface area (Å²) in [6.45, 7) is 0.976. The van der Waals surface area contributed by atoms with E-state index < -0.39 is 5.79 Å². The highest BCUT2D eigenvalue weighted by molar-refractivity contribution is 5.93. The van der Waals surface area contributed by atoms with Crippen molar-refractivity contribution in [2.24, 2.45) is 0 Å². The van der Waals surface area contributed by atoms with Crippen LogP contribution in [0.2, 0.25) is 0 Å². The fraction of sp³-hybridized carbons (Fsp3) is 0.619. The van der Waals surface area contributed by atoms with Crippen LogP contribution in [-0.4, -0.2) is 60.6 Å². The van der Waals surface area contributed by atoms with Crippen LogP contribution < -0.4 is 14.8 Å². The predicted molar refractivity (Wildman–Crippen MR) is 105 cm³/mol. The van der Waals surface area contributed by atoms with Crippen molar-refractivity contribution in [3.63, 3.8) is 0 Å². The van der Waals surface area contributed by atoms with Gasteiger partial charge in [0.1, 0.15) is 0 Å². The second-order valence-corrected chi connectivity index (χ2v) is 8.25. The highest BCUT2D eigenvalue weighted by Crippen LogP contribution is 2.46. The SMILES string of the molecule is CN(C)C(=O)[C@H]1CCCN1CC(=O)Nc1ccc2c(c1)OC1(CCCCC1)O2.